The Bertz CT molecular complexity index is 792. The number of hydrogen-bond donors (Lipinski definition) is 0. The topological polar surface area (TPSA) is 68.6 Å². The van der Waals surface area contributed by atoms with Crippen LogP contribution in [-0.4, -0.2) is 25.3 Å². The second kappa shape index (κ2) is 7.35. The van der Waals surface area contributed by atoms with Crippen molar-refractivity contribution in [3.05, 3.63) is 53.8 Å². The third-order valence-corrected chi connectivity index (χ3v) is 5.35. The second-order valence-electron chi connectivity index (χ2n) is 6.88. The molecule has 3 rings (SSSR count). The fraction of sp³-hybridized carbons (Fsp3) is 0.429. The number of carbonyl (C=O) groups excluding carboxylic acids is 1. The molecule has 5 heteroatoms. The van der Waals surface area contributed by atoms with E-state index in [-0.39, 0.29) is 24.4 Å². The summed E-state index contributed by atoms with van der Waals surface area (Å²) < 4.78 is 16.9. The minimum Gasteiger partial charge on any atom is -0.495 e. The van der Waals surface area contributed by atoms with Gasteiger partial charge in [0, 0.05) is 12.0 Å². The Labute approximate surface area is 153 Å². The van der Waals surface area contributed by atoms with E-state index in [0.29, 0.717) is 36.3 Å². The van der Waals surface area contributed by atoms with Gasteiger partial charge in [-0.05, 0) is 42.9 Å². The average molecular weight is 353 g/mol. The van der Waals surface area contributed by atoms with Crippen LogP contribution >= 0.6 is 0 Å². The summed E-state index contributed by atoms with van der Waals surface area (Å²) in [7, 11) is 1.55. The van der Waals surface area contributed by atoms with Crippen LogP contribution in [0.25, 0.3) is 0 Å². The zero-order valence-electron chi connectivity index (χ0n) is 15.2. The summed E-state index contributed by atoms with van der Waals surface area (Å²) in [6, 6.07) is 7.78. The van der Waals surface area contributed by atoms with Gasteiger partial charge < -0.3 is 14.2 Å². The number of fused-ring (bicyclic) bond motifs is 1. The number of carbonyl (C=O) groups is 1. The van der Waals surface area contributed by atoms with E-state index in [0.717, 1.165) is 5.56 Å². The molecule has 0 saturated carbocycles. The van der Waals surface area contributed by atoms with Crippen LogP contribution in [0.5, 0.6) is 5.75 Å². The number of nitrogens with zero attached hydrogens (tertiary/aromatic N) is 1. The van der Waals surface area contributed by atoms with Crippen LogP contribution in [-0.2, 0) is 20.7 Å². The Morgan fingerprint density at radius 2 is 2.35 bits per heavy atom. The minimum absolute atomic E-state index is 0.0736. The average Bonchev–Trinajstić information content (AvgIpc) is 3.06. The van der Waals surface area contributed by atoms with Gasteiger partial charge in [-0.3, -0.25) is 4.79 Å². The molecule has 1 unspecified atom stereocenters. The van der Waals surface area contributed by atoms with Gasteiger partial charge in [0.15, 0.2) is 12.6 Å². The Balaban J connectivity index is 1.87. The Morgan fingerprint density at radius 3 is 3.04 bits per heavy atom. The highest BCUT2D eigenvalue weighted by atomic mass is 16.7. The number of methoxy groups -OCH3 is 1. The molecular weight excluding hydrogens is 330 g/mol. The van der Waals surface area contributed by atoms with E-state index < -0.39 is 5.60 Å². The number of hydrogen-bond acceptors (Lipinski definition) is 5. The number of benzene rings is 1. The van der Waals surface area contributed by atoms with Crippen molar-refractivity contribution in [1.82, 2.24) is 0 Å². The van der Waals surface area contributed by atoms with Crippen molar-refractivity contribution in [2.75, 3.05) is 13.9 Å². The maximum atomic E-state index is 12.3. The van der Waals surface area contributed by atoms with Crippen molar-refractivity contribution in [3.63, 3.8) is 0 Å². The number of ketones is 1. The van der Waals surface area contributed by atoms with Gasteiger partial charge in [0.25, 0.3) is 0 Å². The molecule has 26 heavy (non-hydrogen) atoms. The van der Waals surface area contributed by atoms with E-state index in [1.165, 1.54) is 0 Å². The lowest BCUT2D eigenvalue weighted by atomic mass is 9.71. The highest BCUT2D eigenvalue weighted by Crippen LogP contribution is 2.46. The van der Waals surface area contributed by atoms with Crippen LogP contribution in [0.3, 0.4) is 0 Å². The Kier molecular flexibility index (Phi) is 5.15. The summed E-state index contributed by atoms with van der Waals surface area (Å²) >= 11 is 0. The second-order valence-corrected chi connectivity index (χ2v) is 6.88. The predicted molar refractivity (Wildman–Crippen MR) is 96.4 cm³/mol. The molecule has 1 fully saturated rings. The van der Waals surface area contributed by atoms with Crippen LogP contribution in [0.15, 0.2) is 42.7 Å². The van der Waals surface area contributed by atoms with Crippen molar-refractivity contribution < 1.29 is 19.0 Å². The summed E-state index contributed by atoms with van der Waals surface area (Å²) in [5, 5.41) is 9.30. The third kappa shape index (κ3) is 3.13. The van der Waals surface area contributed by atoms with Crippen molar-refractivity contribution in [1.29, 1.82) is 5.26 Å². The molecule has 0 bridgehead atoms. The Morgan fingerprint density at radius 1 is 1.54 bits per heavy atom. The summed E-state index contributed by atoms with van der Waals surface area (Å²) in [4.78, 5) is 12.3. The van der Waals surface area contributed by atoms with E-state index in [2.05, 4.69) is 19.6 Å². The minimum atomic E-state index is -0.603. The smallest absolute Gasteiger partial charge is 0.189 e. The van der Waals surface area contributed by atoms with Crippen LogP contribution < -0.4 is 4.74 Å². The predicted octanol–water partition coefficient (Wildman–Crippen LogP) is 3.54. The molecule has 0 N–H and O–H groups in total. The molecule has 0 amide bonds. The van der Waals surface area contributed by atoms with E-state index in [1.54, 1.807) is 19.3 Å². The van der Waals surface area contributed by atoms with Gasteiger partial charge in [0.1, 0.15) is 23.2 Å². The molecule has 3 atom stereocenters. The SMILES string of the molecule is C=CC[C@H]1C[C@]2(C(C)Cc3ccc(OC)c(C#N)c3)OCOC2=CC1=O. The summed E-state index contributed by atoms with van der Waals surface area (Å²) in [6.07, 6.45) is 5.29. The molecule has 0 aromatic heterocycles. The fourth-order valence-electron chi connectivity index (χ4n) is 3.90. The van der Waals surface area contributed by atoms with Crippen LogP contribution in [0.4, 0.5) is 0 Å². The molecule has 1 aromatic rings. The lowest BCUT2D eigenvalue weighted by Gasteiger charge is -2.38. The van der Waals surface area contributed by atoms with Crippen LogP contribution in [0, 0.1) is 23.2 Å². The van der Waals surface area contributed by atoms with Gasteiger partial charge in [-0.1, -0.05) is 19.1 Å². The highest BCUT2D eigenvalue weighted by Gasteiger charge is 2.51. The number of ether oxygens (including phenoxy) is 3. The van der Waals surface area contributed by atoms with E-state index in [4.69, 9.17) is 14.2 Å². The van der Waals surface area contributed by atoms with Gasteiger partial charge in [0.05, 0.1) is 12.7 Å². The van der Waals surface area contributed by atoms with E-state index in [1.807, 2.05) is 18.2 Å². The molecular formula is C21H23NO4. The van der Waals surface area contributed by atoms with Crippen LogP contribution in [0.1, 0.15) is 30.9 Å². The fourth-order valence-corrected chi connectivity index (χ4v) is 3.90. The van der Waals surface area contributed by atoms with Gasteiger partial charge in [-0.25, -0.2) is 0 Å². The van der Waals surface area contributed by atoms with E-state index in [9.17, 15) is 10.1 Å². The third-order valence-electron chi connectivity index (χ3n) is 5.35. The number of allylic oxidation sites excluding steroid dienone is 2. The number of rotatable bonds is 6. The maximum Gasteiger partial charge on any atom is 0.189 e. The van der Waals surface area contributed by atoms with Crippen molar-refractivity contribution in [2.45, 2.75) is 31.8 Å². The van der Waals surface area contributed by atoms with Gasteiger partial charge in [-0.15, -0.1) is 6.58 Å². The molecule has 0 radical (unpaired) electrons. The maximum absolute atomic E-state index is 12.3. The molecule has 1 aliphatic carbocycles. The summed E-state index contributed by atoms with van der Waals surface area (Å²) in [5.74, 6) is 1.22. The molecule has 0 spiro atoms. The monoisotopic (exact) mass is 353 g/mol. The highest BCUT2D eigenvalue weighted by molar-refractivity contribution is 5.93. The summed E-state index contributed by atoms with van der Waals surface area (Å²) in [5.41, 5.74) is 0.933. The first kappa shape index (κ1) is 18.2. The van der Waals surface area contributed by atoms with Crippen LogP contribution in [0.2, 0.25) is 0 Å². The zero-order valence-corrected chi connectivity index (χ0v) is 15.2. The Hall–Kier alpha value is -2.58. The lowest BCUT2D eigenvalue weighted by molar-refractivity contribution is -0.123. The first-order valence-corrected chi connectivity index (χ1v) is 8.74. The van der Waals surface area contributed by atoms with Crippen molar-refractivity contribution in [2.24, 2.45) is 11.8 Å². The molecule has 1 saturated heterocycles. The molecule has 1 heterocycles. The molecule has 2 aliphatic rings. The zero-order chi connectivity index (χ0) is 18.7. The van der Waals surface area contributed by atoms with Gasteiger partial charge in [0.2, 0.25) is 0 Å². The van der Waals surface area contributed by atoms with E-state index >= 15 is 0 Å². The van der Waals surface area contributed by atoms with Crippen molar-refractivity contribution >= 4 is 5.78 Å². The normalized spacial score (nSPS) is 25.5. The first-order chi connectivity index (χ1) is 12.5. The van der Waals surface area contributed by atoms with Gasteiger partial charge >= 0.3 is 0 Å². The lowest BCUT2D eigenvalue weighted by Crippen LogP contribution is -2.44. The largest absolute Gasteiger partial charge is 0.495 e. The quantitative estimate of drug-likeness (QED) is 0.732. The number of nitriles is 1. The standard InChI is InChI=1S/C21H23NO4/c1-4-5-16-11-21(20(10-18(16)23)25-13-26-21)14(2)8-15-6-7-19(24-3)17(9-15)12-22/h4,6-7,9-10,14,16H,1,5,8,11,13H2,2-3H3/t14?,16-,21+/m0/s1. The first-order valence-electron chi connectivity index (χ1n) is 8.74. The molecule has 1 aromatic carbocycles. The molecule has 5 nitrogen and oxygen atoms in total. The molecule has 1 aliphatic heterocycles. The summed E-state index contributed by atoms with van der Waals surface area (Å²) in [6.45, 7) is 6.02. The van der Waals surface area contributed by atoms with Gasteiger partial charge in [-0.2, -0.15) is 5.26 Å². The molecule has 136 valence electrons. The van der Waals surface area contributed by atoms with Crippen molar-refractivity contribution in [3.8, 4) is 11.8 Å².